The van der Waals surface area contributed by atoms with Crippen molar-refractivity contribution in [3.05, 3.63) is 47.2 Å². The van der Waals surface area contributed by atoms with E-state index in [9.17, 15) is 4.79 Å². The molecule has 14 heavy (non-hydrogen) atoms. The summed E-state index contributed by atoms with van der Waals surface area (Å²) in [6, 6.07) is 7.59. The van der Waals surface area contributed by atoms with Gasteiger partial charge in [-0.1, -0.05) is 18.2 Å². The molecule has 2 aliphatic heterocycles. The van der Waals surface area contributed by atoms with E-state index in [4.69, 9.17) is 4.74 Å². The van der Waals surface area contributed by atoms with Gasteiger partial charge in [-0.15, -0.1) is 0 Å². The van der Waals surface area contributed by atoms with Gasteiger partial charge < -0.3 is 4.74 Å². The molecule has 2 aliphatic rings. The summed E-state index contributed by atoms with van der Waals surface area (Å²) in [5.41, 5.74) is -1.09. The summed E-state index contributed by atoms with van der Waals surface area (Å²) < 4.78 is 5.24. The van der Waals surface area contributed by atoms with Crippen molar-refractivity contribution in [1.29, 1.82) is 0 Å². The van der Waals surface area contributed by atoms with Crippen LogP contribution in [-0.4, -0.2) is 11.5 Å². The van der Waals surface area contributed by atoms with Gasteiger partial charge in [-0.3, -0.25) is 4.79 Å². The first-order chi connectivity index (χ1) is 6.80. The molecule has 0 aliphatic carbocycles. The third-order valence-electron chi connectivity index (χ3n) is 2.39. The number of para-hydroxylation sites is 1. The van der Waals surface area contributed by atoms with Crippen LogP contribution in [0.5, 0.6) is 0 Å². The molecule has 68 valence electrons. The number of nitrogens with zero attached hydrogens (tertiary/aromatic N) is 1. The van der Waals surface area contributed by atoms with Crippen LogP contribution in [0, 0.1) is 0 Å². The first kappa shape index (κ1) is 7.50. The monoisotopic (exact) mass is 185 g/mol. The van der Waals surface area contributed by atoms with E-state index < -0.39 is 5.72 Å². The van der Waals surface area contributed by atoms with E-state index in [1.807, 2.05) is 24.3 Å². The maximum Gasteiger partial charge on any atom is 0.283 e. The number of fused-ring (bicyclic) bond motifs is 1. The van der Waals surface area contributed by atoms with Crippen molar-refractivity contribution in [3.8, 4) is 0 Å². The molecule has 1 unspecified atom stereocenters. The van der Waals surface area contributed by atoms with Crippen LogP contribution >= 0.6 is 0 Å². The highest BCUT2D eigenvalue weighted by atomic mass is 16.5. The van der Waals surface area contributed by atoms with Crippen molar-refractivity contribution >= 4 is 11.9 Å². The van der Waals surface area contributed by atoms with Crippen molar-refractivity contribution < 1.29 is 9.53 Å². The highest BCUT2D eigenvalue weighted by molar-refractivity contribution is 6.03. The van der Waals surface area contributed by atoms with E-state index >= 15 is 0 Å². The van der Waals surface area contributed by atoms with Gasteiger partial charge in [0.25, 0.3) is 5.72 Å². The lowest BCUT2D eigenvalue weighted by Crippen LogP contribution is -2.29. The lowest BCUT2D eigenvalue weighted by Gasteiger charge is -2.14. The molecule has 0 fully saturated rings. The Bertz CT molecular complexity index is 522. The van der Waals surface area contributed by atoms with Gasteiger partial charge in [-0.25, -0.2) is 4.99 Å². The van der Waals surface area contributed by atoms with E-state index in [2.05, 4.69) is 4.99 Å². The fourth-order valence-corrected chi connectivity index (χ4v) is 1.70. The van der Waals surface area contributed by atoms with Crippen LogP contribution in [0.4, 0.5) is 0 Å². The van der Waals surface area contributed by atoms with E-state index in [1.165, 1.54) is 12.3 Å². The second-order valence-corrected chi connectivity index (χ2v) is 3.30. The summed E-state index contributed by atoms with van der Waals surface area (Å²) in [5, 5.41) is 1.76. The predicted molar refractivity (Wildman–Crippen MR) is 49.7 cm³/mol. The quantitative estimate of drug-likeness (QED) is 0.566. The van der Waals surface area contributed by atoms with E-state index in [-0.39, 0.29) is 5.78 Å². The Morgan fingerprint density at radius 3 is 2.86 bits per heavy atom. The molecule has 0 amide bonds. The SMILES string of the molecule is O=C1C=COC12C=c1ccccc1=N2. The van der Waals surface area contributed by atoms with Crippen molar-refractivity contribution in [2.45, 2.75) is 5.72 Å². The summed E-state index contributed by atoms with van der Waals surface area (Å²) in [4.78, 5) is 15.8. The maximum atomic E-state index is 11.5. The minimum atomic E-state index is -1.09. The van der Waals surface area contributed by atoms with Crippen LogP contribution in [0.1, 0.15) is 0 Å². The molecule has 1 aromatic rings. The molecular formula is C11H7NO2. The summed E-state index contributed by atoms with van der Waals surface area (Å²) >= 11 is 0. The molecule has 1 spiro atoms. The second-order valence-electron chi connectivity index (χ2n) is 3.30. The zero-order valence-corrected chi connectivity index (χ0v) is 7.31. The Balaban J connectivity index is 2.28. The number of ketones is 1. The van der Waals surface area contributed by atoms with Gasteiger partial charge >= 0.3 is 0 Å². The van der Waals surface area contributed by atoms with Crippen LogP contribution in [-0.2, 0) is 9.53 Å². The van der Waals surface area contributed by atoms with Crippen LogP contribution in [0.15, 0.2) is 41.6 Å². The van der Waals surface area contributed by atoms with Gasteiger partial charge in [0.2, 0.25) is 5.78 Å². The van der Waals surface area contributed by atoms with E-state index in [0.717, 1.165) is 10.6 Å². The van der Waals surface area contributed by atoms with Crippen LogP contribution in [0.3, 0.4) is 0 Å². The first-order valence-corrected chi connectivity index (χ1v) is 4.37. The summed E-state index contributed by atoms with van der Waals surface area (Å²) in [6.45, 7) is 0. The summed E-state index contributed by atoms with van der Waals surface area (Å²) in [6.07, 6.45) is 4.56. The Hall–Kier alpha value is -1.90. The number of rotatable bonds is 0. The van der Waals surface area contributed by atoms with Gasteiger partial charge in [0.1, 0.15) is 0 Å². The normalized spacial score (nSPS) is 27.0. The molecule has 2 heterocycles. The number of hydrogen-bond donors (Lipinski definition) is 0. The Kier molecular flexibility index (Phi) is 1.24. The minimum absolute atomic E-state index is 0.117. The average molecular weight is 185 g/mol. The van der Waals surface area contributed by atoms with Gasteiger partial charge in [0.05, 0.1) is 11.6 Å². The molecular weight excluding hydrogens is 178 g/mol. The molecule has 3 rings (SSSR count). The number of carbonyl (C=O) groups excluding carboxylic acids is 1. The standard InChI is InChI=1S/C11H7NO2/c13-10-5-6-14-11(10)7-8-3-1-2-4-9(8)12-11/h1-7H. The van der Waals surface area contributed by atoms with E-state index in [1.54, 1.807) is 6.08 Å². The van der Waals surface area contributed by atoms with Crippen molar-refractivity contribution in [2.75, 3.05) is 0 Å². The van der Waals surface area contributed by atoms with Gasteiger partial charge in [-0.2, -0.15) is 0 Å². The fraction of sp³-hybridized carbons (Fsp3) is 0.0909. The number of ether oxygens (including phenoxy) is 1. The topological polar surface area (TPSA) is 38.7 Å². The molecule has 3 nitrogen and oxygen atoms in total. The number of benzene rings is 1. The Labute approximate surface area is 80.0 Å². The van der Waals surface area contributed by atoms with Crippen LogP contribution in [0.2, 0.25) is 0 Å². The highest BCUT2D eigenvalue weighted by Gasteiger charge is 2.40. The zero-order valence-electron chi connectivity index (χ0n) is 7.31. The molecule has 1 aromatic carbocycles. The van der Waals surface area contributed by atoms with Crippen molar-refractivity contribution in [3.63, 3.8) is 0 Å². The third-order valence-corrected chi connectivity index (χ3v) is 2.39. The van der Waals surface area contributed by atoms with E-state index in [0.29, 0.717) is 0 Å². The largest absolute Gasteiger partial charge is 0.462 e. The molecule has 3 heteroatoms. The summed E-state index contributed by atoms with van der Waals surface area (Å²) in [5.74, 6) is -0.117. The van der Waals surface area contributed by atoms with Crippen molar-refractivity contribution in [2.24, 2.45) is 4.99 Å². The molecule has 0 radical (unpaired) electrons. The van der Waals surface area contributed by atoms with Crippen LogP contribution < -0.4 is 10.6 Å². The van der Waals surface area contributed by atoms with Crippen molar-refractivity contribution in [1.82, 2.24) is 0 Å². The number of carbonyl (C=O) groups is 1. The molecule has 0 bridgehead atoms. The first-order valence-electron chi connectivity index (χ1n) is 4.37. The number of hydrogen-bond acceptors (Lipinski definition) is 3. The highest BCUT2D eigenvalue weighted by Crippen LogP contribution is 2.24. The molecule has 0 saturated carbocycles. The minimum Gasteiger partial charge on any atom is -0.462 e. The Morgan fingerprint density at radius 2 is 2.14 bits per heavy atom. The fourth-order valence-electron chi connectivity index (χ4n) is 1.70. The molecule has 0 N–H and O–H groups in total. The predicted octanol–water partition coefficient (Wildman–Crippen LogP) is -0.0904. The molecule has 1 atom stereocenters. The van der Waals surface area contributed by atoms with Crippen LogP contribution in [0.25, 0.3) is 6.08 Å². The lowest BCUT2D eigenvalue weighted by molar-refractivity contribution is -0.123. The van der Waals surface area contributed by atoms with Gasteiger partial charge in [0, 0.05) is 11.3 Å². The lowest BCUT2D eigenvalue weighted by atomic mass is 10.1. The van der Waals surface area contributed by atoms with Gasteiger partial charge in [-0.05, 0) is 12.1 Å². The smallest absolute Gasteiger partial charge is 0.283 e. The zero-order chi connectivity index (χ0) is 9.60. The second kappa shape index (κ2) is 2.32. The molecule has 0 saturated heterocycles. The third kappa shape index (κ3) is 0.812. The summed E-state index contributed by atoms with van der Waals surface area (Å²) in [7, 11) is 0. The maximum absolute atomic E-state index is 11.5. The van der Waals surface area contributed by atoms with Gasteiger partial charge in [0.15, 0.2) is 0 Å². The average Bonchev–Trinajstić information content (AvgIpc) is 2.71. The molecule has 0 aromatic heterocycles. The Morgan fingerprint density at radius 1 is 1.29 bits per heavy atom.